The number of pyridine rings is 1. The summed E-state index contributed by atoms with van der Waals surface area (Å²) in [4.78, 5) is 17.0. The second kappa shape index (κ2) is 8.51. The minimum absolute atomic E-state index is 0.110. The number of nitrogens with two attached hydrogens (primary N) is 1. The lowest BCUT2D eigenvalue weighted by atomic mass is 9.72. The van der Waals surface area contributed by atoms with Crippen LogP contribution in [0.4, 0.5) is 5.69 Å². The monoisotopic (exact) mass is 358 g/mol. The molecular formula is C21H23BN4O. The Hall–Kier alpha value is -3.12. The van der Waals surface area contributed by atoms with Gasteiger partial charge >= 0.3 is 0 Å². The maximum absolute atomic E-state index is 12.9. The molecule has 2 aromatic rings. The van der Waals surface area contributed by atoms with Crippen LogP contribution >= 0.6 is 0 Å². The van der Waals surface area contributed by atoms with Gasteiger partial charge in [0.1, 0.15) is 0 Å². The van der Waals surface area contributed by atoms with Crippen LogP contribution in [0.3, 0.4) is 0 Å². The number of aromatic nitrogens is 1. The highest BCUT2D eigenvalue weighted by Gasteiger charge is 2.23. The fourth-order valence-corrected chi connectivity index (χ4v) is 3.25. The van der Waals surface area contributed by atoms with Crippen LogP contribution in [0.25, 0.3) is 10.8 Å². The second-order valence-corrected chi connectivity index (χ2v) is 6.45. The number of allylic oxidation sites excluding steroid dienone is 5. The van der Waals surface area contributed by atoms with Crippen LogP contribution < -0.4 is 16.3 Å². The van der Waals surface area contributed by atoms with Crippen LogP contribution in [-0.2, 0) is 4.79 Å². The number of amides is 1. The molecule has 0 fully saturated rings. The van der Waals surface area contributed by atoms with Crippen molar-refractivity contribution in [2.75, 3.05) is 11.9 Å². The van der Waals surface area contributed by atoms with Crippen LogP contribution in [0.15, 0.2) is 84.3 Å². The SMILES string of the molecule is C=C/C=C1/BNC=C/C1=C(/C)C(CN)C(=O)Nc1ccc2cnccc2c1. The zero-order valence-corrected chi connectivity index (χ0v) is 15.4. The minimum Gasteiger partial charge on any atom is -0.433 e. The Morgan fingerprint density at radius 1 is 1.41 bits per heavy atom. The van der Waals surface area contributed by atoms with Crippen LogP contribution in [0.5, 0.6) is 0 Å². The zero-order valence-electron chi connectivity index (χ0n) is 15.4. The summed E-state index contributed by atoms with van der Waals surface area (Å²) in [6, 6.07) is 7.69. The lowest BCUT2D eigenvalue weighted by molar-refractivity contribution is -0.118. The quantitative estimate of drug-likeness (QED) is 0.718. The van der Waals surface area contributed by atoms with E-state index in [0.717, 1.165) is 33.1 Å². The molecule has 2 heterocycles. The van der Waals surface area contributed by atoms with E-state index in [9.17, 15) is 4.79 Å². The predicted molar refractivity (Wildman–Crippen MR) is 113 cm³/mol. The van der Waals surface area contributed by atoms with E-state index in [2.05, 4.69) is 22.1 Å². The average Bonchev–Trinajstić information content (AvgIpc) is 2.69. The normalized spacial score (nSPS) is 17.8. The highest BCUT2D eigenvalue weighted by atomic mass is 16.1. The Bertz CT molecular complexity index is 962. The summed E-state index contributed by atoms with van der Waals surface area (Å²) >= 11 is 0. The molecule has 1 aliphatic heterocycles. The summed E-state index contributed by atoms with van der Waals surface area (Å²) in [6.07, 6.45) is 11.1. The fraction of sp³-hybridized carbons (Fsp3) is 0.143. The molecule has 3 rings (SSSR count). The number of fused-ring (bicyclic) bond motifs is 1. The van der Waals surface area contributed by atoms with Crippen molar-refractivity contribution in [2.24, 2.45) is 11.7 Å². The van der Waals surface area contributed by atoms with Gasteiger partial charge in [-0.15, -0.1) is 0 Å². The molecular weight excluding hydrogens is 335 g/mol. The topological polar surface area (TPSA) is 80.0 Å². The van der Waals surface area contributed by atoms with Gasteiger partial charge in [0.05, 0.1) is 5.92 Å². The van der Waals surface area contributed by atoms with Crippen molar-refractivity contribution < 1.29 is 4.79 Å². The smallest absolute Gasteiger partial charge is 0.267 e. The first kappa shape index (κ1) is 18.7. The van der Waals surface area contributed by atoms with Gasteiger partial charge in [-0.25, -0.2) is 0 Å². The number of hydrogen-bond donors (Lipinski definition) is 3. The first-order valence-electron chi connectivity index (χ1n) is 8.91. The average molecular weight is 358 g/mol. The third-order valence-corrected chi connectivity index (χ3v) is 4.73. The van der Waals surface area contributed by atoms with Crippen molar-refractivity contribution in [3.8, 4) is 0 Å². The van der Waals surface area contributed by atoms with Crippen LogP contribution in [-0.4, -0.2) is 24.9 Å². The number of nitrogens with zero attached hydrogens (tertiary/aromatic N) is 1. The molecule has 4 N–H and O–H groups in total. The molecule has 1 amide bonds. The summed E-state index contributed by atoms with van der Waals surface area (Å²) < 4.78 is 0. The van der Waals surface area contributed by atoms with Gasteiger partial charge in [0, 0.05) is 30.0 Å². The Morgan fingerprint density at radius 2 is 2.26 bits per heavy atom. The van der Waals surface area contributed by atoms with E-state index >= 15 is 0 Å². The van der Waals surface area contributed by atoms with Gasteiger partial charge < -0.3 is 16.3 Å². The molecule has 0 aliphatic carbocycles. The lowest BCUT2D eigenvalue weighted by Gasteiger charge is -2.22. The summed E-state index contributed by atoms with van der Waals surface area (Å²) in [5.74, 6) is -0.523. The highest BCUT2D eigenvalue weighted by molar-refractivity contribution is 6.45. The van der Waals surface area contributed by atoms with Gasteiger partial charge in [0.2, 0.25) is 5.91 Å². The summed E-state index contributed by atoms with van der Waals surface area (Å²) in [5, 5.41) is 8.24. The third-order valence-electron chi connectivity index (χ3n) is 4.73. The first-order chi connectivity index (χ1) is 13.1. The van der Waals surface area contributed by atoms with Crippen molar-refractivity contribution in [1.29, 1.82) is 0 Å². The molecule has 27 heavy (non-hydrogen) atoms. The van der Waals surface area contributed by atoms with Gasteiger partial charge in [-0.3, -0.25) is 9.78 Å². The summed E-state index contributed by atoms with van der Waals surface area (Å²) in [7, 11) is 0.701. The molecule has 1 aromatic carbocycles. The van der Waals surface area contributed by atoms with Crippen LogP contribution in [0.2, 0.25) is 0 Å². The maximum atomic E-state index is 12.9. The van der Waals surface area contributed by atoms with Crippen LogP contribution in [0, 0.1) is 5.92 Å². The number of rotatable bonds is 5. The number of nitrogens with one attached hydrogen (secondary N) is 2. The number of anilines is 1. The summed E-state index contributed by atoms with van der Waals surface area (Å²) in [6.45, 7) is 5.97. The molecule has 6 heteroatoms. The molecule has 1 atom stereocenters. The molecule has 0 saturated carbocycles. The molecule has 0 radical (unpaired) electrons. The van der Waals surface area contributed by atoms with Crippen molar-refractivity contribution in [2.45, 2.75) is 6.92 Å². The van der Waals surface area contributed by atoms with Gasteiger partial charge in [-0.2, -0.15) is 0 Å². The van der Waals surface area contributed by atoms with Crippen LogP contribution in [0.1, 0.15) is 6.92 Å². The van der Waals surface area contributed by atoms with E-state index in [1.165, 1.54) is 0 Å². The van der Waals surface area contributed by atoms with Gasteiger partial charge in [0.25, 0.3) is 7.41 Å². The Balaban J connectivity index is 1.87. The molecule has 0 bridgehead atoms. The third kappa shape index (κ3) is 4.18. The zero-order chi connectivity index (χ0) is 19.2. The predicted octanol–water partition coefficient (Wildman–Crippen LogP) is 2.60. The van der Waals surface area contributed by atoms with Crippen molar-refractivity contribution in [1.82, 2.24) is 10.2 Å². The molecule has 5 nitrogen and oxygen atoms in total. The van der Waals surface area contributed by atoms with Crippen molar-refractivity contribution >= 4 is 29.8 Å². The largest absolute Gasteiger partial charge is 0.433 e. The molecule has 1 aromatic heterocycles. The number of carbonyl (C=O) groups is 1. The second-order valence-electron chi connectivity index (χ2n) is 6.45. The lowest BCUT2D eigenvalue weighted by Crippen LogP contribution is -2.32. The van der Waals surface area contributed by atoms with Gasteiger partial charge in [-0.1, -0.05) is 35.8 Å². The Morgan fingerprint density at radius 3 is 3.04 bits per heavy atom. The van der Waals surface area contributed by atoms with E-state index in [0.29, 0.717) is 7.41 Å². The maximum Gasteiger partial charge on any atom is 0.267 e. The molecule has 136 valence electrons. The Kier molecular flexibility index (Phi) is 5.89. The summed E-state index contributed by atoms with van der Waals surface area (Å²) in [5.41, 5.74) is 9.78. The van der Waals surface area contributed by atoms with E-state index < -0.39 is 5.92 Å². The Labute approximate surface area is 160 Å². The molecule has 1 aliphatic rings. The van der Waals surface area contributed by atoms with Gasteiger partial charge in [0.15, 0.2) is 0 Å². The first-order valence-corrected chi connectivity index (χ1v) is 8.91. The highest BCUT2D eigenvalue weighted by Crippen LogP contribution is 2.25. The standard InChI is InChI=1S/C21H23BN4O/c1-3-4-20-18(8-10-25-22-20)14(2)19(12-23)21(27)26-17-6-5-16-13-24-9-7-15(16)11-17/h3-11,13,19,22,25H,1,12,23H2,2H3,(H,26,27)/b18-14+,20-4+. The molecule has 0 spiro atoms. The number of carbonyl (C=O) groups excluding carboxylic acids is 1. The number of benzene rings is 1. The van der Waals surface area contributed by atoms with Crippen molar-refractivity contribution in [3.63, 3.8) is 0 Å². The molecule has 1 unspecified atom stereocenters. The van der Waals surface area contributed by atoms with E-state index in [1.54, 1.807) is 18.5 Å². The van der Waals surface area contributed by atoms with E-state index in [1.807, 2.05) is 49.5 Å². The van der Waals surface area contributed by atoms with Crippen molar-refractivity contribution in [3.05, 3.63) is 84.3 Å². The minimum atomic E-state index is -0.413. The number of hydrogen-bond acceptors (Lipinski definition) is 4. The fourth-order valence-electron chi connectivity index (χ4n) is 3.25. The molecule has 0 saturated heterocycles. The van der Waals surface area contributed by atoms with E-state index in [-0.39, 0.29) is 12.5 Å². The van der Waals surface area contributed by atoms with E-state index in [4.69, 9.17) is 5.73 Å². The van der Waals surface area contributed by atoms with Gasteiger partial charge in [-0.05, 0) is 48.4 Å².